The number of carbonyl (C=O) groups excluding carboxylic acids is 1. The van der Waals surface area contributed by atoms with Crippen LogP contribution in [0.1, 0.15) is 33.6 Å². The number of nitrogens with one attached hydrogen (secondary N) is 1. The van der Waals surface area contributed by atoms with Crippen LogP contribution in [0.5, 0.6) is 0 Å². The minimum absolute atomic E-state index is 0.159. The van der Waals surface area contributed by atoms with Crippen LogP contribution < -0.4 is 10.2 Å². The summed E-state index contributed by atoms with van der Waals surface area (Å²) >= 11 is 2.10. The van der Waals surface area contributed by atoms with Crippen LogP contribution in [0.15, 0.2) is 48.8 Å². The molecule has 3 fully saturated rings. The van der Waals surface area contributed by atoms with Crippen molar-refractivity contribution < 1.29 is 4.79 Å². The van der Waals surface area contributed by atoms with Crippen LogP contribution in [0.4, 0.5) is 11.4 Å². The van der Waals surface area contributed by atoms with Gasteiger partial charge in [0.05, 0.1) is 16.8 Å². The number of rotatable bonds is 5. The van der Waals surface area contributed by atoms with Crippen molar-refractivity contribution in [3.63, 3.8) is 0 Å². The lowest BCUT2D eigenvalue weighted by Crippen LogP contribution is -2.48. The van der Waals surface area contributed by atoms with E-state index in [0.29, 0.717) is 5.41 Å². The smallest absolute Gasteiger partial charge is 0.219 e. The molecule has 0 radical (unpaired) electrons. The second-order valence-corrected chi connectivity index (χ2v) is 11.5. The number of fused-ring (bicyclic) bond motifs is 2. The number of amides is 1. The average Bonchev–Trinajstić information content (AvgIpc) is 3.24. The Bertz CT molecular complexity index is 1230. The van der Waals surface area contributed by atoms with E-state index in [9.17, 15) is 4.79 Å². The Hall–Kier alpha value is -2.67. The molecule has 172 valence electrons. The van der Waals surface area contributed by atoms with Gasteiger partial charge in [-0.1, -0.05) is 26.0 Å². The Kier molecular flexibility index (Phi) is 4.70. The summed E-state index contributed by atoms with van der Waals surface area (Å²) in [6, 6.07) is 13.0. The van der Waals surface area contributed by atoms with Crippen molar-refractivity contribution >= 4 is 34.7 Å². The molecule has 1 aliphatic carbocycles. The van der Waals surface area contributed by atoms with Gasteiger partial charge in [0.15, 0.2) is 0 Å². The molecule has 7 heteroatoms. The quantitative estimate of drug-likeness (QED) is 0.558. The molecule has 6 nitrogen and oxygen atoms in total. The molecule has 1 amide bonds. The molecule has 0 spiro atoms. The van der Waals surface area contributed by atoms with E-state index < -0.39 is 0 Å². The van der Waals surface area contributed by atoms with E-state index in [1.807, 2.05) is 11.1 Å². The van der Waals surface area contributed by atoms with Crippen molar-refractivity contribution in [2.75, 3.05) is 36.4 Å². The van der Waals surface area contributed by atoms with Gasteiger partial charge in [-0.3, -0.25) is 9.20 Å². The standard InChI is InChI=1S/C26H31N5OS/c1-4-25(3)17-26(24(25)33-26)28-20-7-5-6-19(14-20)22-16-27-23-15-21(8-9-31(22)23)30-12-10-29(11-13-30)18(2)32/h5-9,14-16,24,28H,4,10-13,17H2,1-3H3/t24-,25?,26?/m1/s1. The topological polar surface area (TPSA) is 52.9 Å². The molecule has 2 unspecified atom stereocenters. The SMILES string of the molecule is CCC1(C)CC2(Nc3cccc(-c4cnc5cc(N6CCN(C(C)=O)CC6)ccn45)c3)S[C@H]12. The van der Waals surface area contributed by atoms with E-state index in [0.717, 1.165) is 48.5 Å². The molecule has 2 aromatic heterocycles. The minimum Gasteiger partial charge on any atom is -0.370 e. The average molecular weight is 462 g/mol. The van der Waals surface area contributed by atoms with Crippen molar-refractivity contribution in [2.24, 2.45) is 5.41 Å². The first-order valence-corrected chi connectivity index (χ1v) is 12.8. The highest BCUT2D eigenvalue weighted by molar-refractivity contribution is 8.09. The number of hydrogen-bond donors (Lipinski definition) is 1. The van der Waals surface area contributed by atoms with Gasteiger partial charge in [0.1, 0.15) is 5.65 Å². The van der Waals surface area contributed by atoms with Crippen LogP contribution in [0, 0.1) is 5.41 Å². The van der Waals surface area contributed by atoms with Crippen LogP contribution in [0.2, 0.25) is 0 Å². The monoisotopic (exact) mass is 461 g/mol. The highest BCUT2D eigenvalue weighted by Crippen LogP contribution is 2.76. The highest BCUT2D eigenvalue weighted by Gasteiger charge is 2.73. The molecular formula is C26H31N5OS. The number of anilines is 2. The normalized spacial score (nSPS) is 28.4. The number of pyridine rings is 1. The molecule has 2 saturated heterocycles. The molecule has 3 atom stereocenters. The molecule has 3 aliphatic rings. The van der Waals surface area contributed by atoms with Crippen LogP contribution in [0.3, 0.4) is 0 Å². The zero-order chi connectivity index (χ0) is 22.8. The second-order valence-electron chi connectivity index (χ2n) is 10.0. The third-order valence-electron chi connectivity index (χ3n) is 7.90. The van der Waals surface area contributed by atoms with E-state index in [1.165, 1.54) is 24.1 Å². The Morgan fingerprint density at radius 3 is 2.76 bits per heavy atom. The van der Waals surface area contributed by atoms with E-state index in [-0.39, 0.29) is 10.8 Å². The van der Waals surface area contributed by atoms with E-state index in [2.05, 4.69) is 82.8 Å². The number of hydrogen-bond acceptors (Lipinski definition) is 5. The molecule has 6 rings (SSSR count). The first-order chi connectivity index (χ1) is 15.9. The lowest BCUT2D eigenvalue weighted by Gasteiger charge is -2.42. The Morgan fingerprint density at radius 1 is 1.21 bits per heavy atom. The fraction of sp³-hybridized carbons (Fsp3) is 0.462. The van der Waals surface area contributed by atoms with Gasteiger partial charge in [0.2, 0.25) is 5.91 Å². The molecule has 33 heavy (non-hydrogen) atoms. The maximum Gasteiger partial charge on any atom is 0.219 e. The lowest BCUT2D eigenvalue weighted by atomic mass is 9.65. The fourth-order valence-electron chi connectivity index (χ4n) is 5.69. The number of thioether (sulfide) groups is 1. The van der Waals surface area contributed by atoms with Crippen molar-refractivity contribution in [1.29, 1.82) is 0 Å². The molecule has 0 bridgehead atoms. The first-order valence-electron chi connectivity index (χ1n) is 11.9. The zero-order valence-corrected chi connectivity index (χ0v) is 20.4. The number of imidazole rings is 1. The third-order valence-corrected chi connectivity index (χ3v) is 9.76. The van der Waals surface area contributed by atoms with Gasteiger partial charge < -0.3 is 15.1 Å². The van der Waals surface area contributed by atoms with Crippen LogP contribution >= 0.6 is 11.8 Å². The van der Waals surface area contributed by atoms with Gasteiger partial charge in [0, 0.05) is 67.6 Å². The predicted molar refractivity (Wildman–Crippen MR) is 136 cm³/mol. The van der Waals surface area contributed by atoms with Crippen molar-refractivity contribution in [2.45, 2.75) is 43.7 Å². The number of nitrogens with zero attached hydrogens (tertiary/aromatic N) is 4. The van der Waals surface area contributed by atoms with Gasteiger partial charge in [-0.2, -0.15) is 0 Å². The molecule has 1 saturated carbocycles. The summed E-state index contributed by atoms with van der Waals surface area (Å²) in [5, 5.41) is 4.57. The maximum atomic E-state index is 11.6. The van der Waals surface area contributed by atoms with Gasteiger partial charge in [-0.15, -0.1) is 11.8 Å². The van der Waals surface area contributed by atoms with E-state index >= 15 is 0 Å². The van der Waals surface area contributed by atoms with Crippen molar-refractivity contribution in [3.8, 4) is 11.3 Å². The summed E-state index contributed by atoms with van der Waals surface area (Å²) in [7, 11) is 0. The summed E-state index contributed by atoms with van der Waals surface area (Å²) in [5.74, 6) is 0.159. The second kappa shape index (κ2) is 7.42. The van der Waals surface area contributed by atoms with Gasteiger partial charge >= 0.3 is 0 Å². The molecular weight excluding hydrogens is 430 g/mol. The molecule has 2 aliphatic heterocycles. The molecule has 3 aromatic rings. The first kappa shape index (κ1) is 20.9. The number of piperazine rings is 1. The summed E-state index contributed by atoms with van der Waals surface area (Å²) in [4.78, 5) is 20.8. The Balaban J connectivity index is 1.20. The van der Waals surface area contributed by atoms with Crippen LogP contribution in [0.25, 0.3) is 16.9 Å². The van der Waals surface area contributed by atoms with Crippen LogP contribution in [-0.4, -0.2) is 56.5 Å². The number of aromatic nitrogens is 2. The fourth-order valence-corrected chi connectivity index (χ4v) is 7.59. The molecule has 4 heterocycles. The Labute approximate surface area is 199 Å². The van der Waals surface area contributed by atoms with Crippen LogP contribution in [-0.2, 0) is 4.79 Å². The highest BCUT2D eigenvalue weighted by atomic mass is 32.2. The summed E-state index contributed by atoms with van der Waals surface area (Å²) in [6.07, 6.45) is 6.59. The van der Waals surface area contributed by atoms with E-state index in [4.69, 9.17) is 4.98 Å². The third kappa shape index (κ3) is 3.39. The number of carbonyl (C=O) groups is 1. The van der Waals surface area contributed by atoms with Crippen molar-refractivity contribution in [3.05, 3.63) is 48.8 Å². The van der Waals surface area contributed by atoms with Gasteiger partial charge in [-0.25, -0.2) is 4.98 Å². The largest absolute Gasteiger partial charge is 0.370 e. The van der Waals surface area contributed by atoms with E-state index in [1.54, 1.807) is 6.92 Å². The minimum atomic E-state index is 0.159. The Morgan fingerprint density at radius 2 is 2.03 bits per heavy atom. The zero-order valence-electron chi connectivity index (χ0n) is 19.5. The maximum absolute atomic E-state index is 11.6. The van der Waals surface area contributed by atoms with Gasteiger partial charge in [-0.05, 0) is 36.5 Å². The molecule has 1 aromatic carbocycles. The summed E-state index contributed by atoms with van der Waals surface area (Å²) < 4.78 is 2.17. The lowest BCUT2D eigenvalue weighted by molar-refractivity contribution is -0.129. The molecule has 1 N–H and O–H groups in total. The summed E-state index contributed by atoms with van der Waals surface area (Å²) in [5.41, 5.74) is 6.07. The summed E-state index contributed by atoms with van der Waals surface area (Å²) in [6.45, 7) is 9.64. The number of benzene rings is 1. The van der Waals surface area contributed by atoms with Crippen molar-refractivity contribution in [1.82, 2.24) is 14.3 Å². The predicted octanol–water partition coefficient (Wildman–Crippen LogP) is 4.71. The van der Waals surface area contributed by atoms with Gasteiger partial charge in [0.25, 0.3) is 0 Å².